The Balaban J connectivity index is 1.60. The molecule has 0 radical (unpaired) electrons. The number of rotatable bonds is 6. The predicted octanol–water partition coefficient (Wildman–Crippen LogP) is 5.39. The number of hydrogen-bond donors (Lipinski definition) is 1. The van der Waals surface area contributed by atoms with Crippen molar-refractivity contribution in [3.8, 4) is 0 Å². The molecule has 1 N–H and O–H groups in total. The third-order valence-electron chi connectivity index (χ3n) is 4.87. The number of carbonyl (C=O) groups excluding carboxylic acids is 1. The van der Waals surface area contributed by atoms with Crippen molar-refractivity contribution in [2.24, 2.45) is 4.99 Å². The maximum absolute atomic E-state index is 12.8. The lowest BCUT2D eigenvalue weighted by molar-refractivity contribution is 0.0998. The molecule has 1 heterocycles. The van der Waals surface area contributed by atoms with E-state index in [-0.39, 0.29) is 4.90 Å². The first-order chi connectivity index (χ1) is 15.8. The molecule has 0 atom stereocenters. The van der Waals surface area contributed by atoms with Gasteiger partial charge in [0.2, 0.25) is 0 Å². The van der Waals surface area contributed by atoms with E-state index in [1.807, 2.05) is 23.6 Å². The largest absolute Gasteiger partial charge is 0.312 e. The van der Waals surface area contributed by atoms with E-state index in [0.717, 1.165) is 15.8 Å². The minimum atomic E-state index is -3.72. The van der Waals surface area contributed by atoms with Crippen molar-refractivity contribution in [3.05, 3.63) is 100 Å². The van der Waals surface area contributed by atoms with Gasteiger partial charge in [0.1, 0.15) is 0 Å². The van der Waals surface area contributed by atoms with Crippen molar-refractivity contribution in [2.45, 2.75) is 18.4 Å². The van der Waals surface area contributed by atoms with Gasteiger partial charge in [0.25, 0.3) is 15.9 Å². The molecule has 168 valence electrons. The van der Waals surface area contributed by atoms with E-state index in [0.29, 0.717) is 27.6 Å². The van der Waals surface area contributed by atoms with Gasteiger partial charge < -0.3 is 4.57 Å². The number of benzene rings is 3. The Bertz CT molecular complexity index is 1520. The molecule has 0 unspecified atom stereocenters. The van der Waals surface area contributed by atoms with E-state index >= 15 is 0 Å². The molecular formula is C24H20ClN3O3S2. The molecule has 33 heavy (non-hydrogen) atoms. The third kappa shape index (κ3) is 5.08. The maximum atomic E-state index is 12.8. The maximum Gasteiger partial charge on any atom is 0.279 e. The summed E-state index contributed by atoms with van der Waals surface area (Å²) >= 11 is 7.46. The van der Waals surface area contributed by atoms with Gasteiger partial charge in [0.15, 0.2) is 4.80 Å². The van der Waals surface area contributed by atoms with E-state index < -0.39 is 15.9 Å². The second kappa shape index (κ2) is 9.35. The Morgan fingerprint density at radius 1 is 1.12 bits per heavy atom. The highest BCUT2D eigenvalue weighted by molar-refractivity contribution is 7.92. The van der Waals surface area contributed by atoms with E-state index in [9.17, 15) is 13.2 Å². The van der Waals surface area contributed by atoms with Gasteiger partial charge in [-0.1, -0.05) is 46.7 Å². The van der Waals surface area contributed by atoms with Gasteiger partial charge in [0, 0.05) is 22.8 Å². The van der Waals surface area contributed by atoms with Crippen molar-refractivity contribution in [2.75, 3.05) is 4.72 Å². The zero-order chi connectivity index (χ0) is 23.6. The Hall–Kier alpha value is -3.20. The monoisotopic (exact) mass is 497 g/mol. The fraction of sp³-hybridized carbons (Fsp3) is 0.0833. The topological polar surface area (TPSA) is 80.5 Å². The first-order valence-electron chi connectivity index (χ1n) is 9.95. The van der Waals surface area contributed by atoms with Crippen LogP contribution in [-0.2, 0) is 16.6 Å². The number of thiazole rings is 1. The number of aromatic nitrogens is 1. The van der Waals surface area contributed by atoms with Crippen molar-refractivity contribution in [3.63, 3.8) is 0 Å². The summed E-state index contributed by atoms with van der Waals surface area (Å²) in [6.07, 6.45) is 1.74. The Kier molecular flexibility index (Phi) is 6.51. The Morgan fingerprint density at radius 3 is 2.48 bits per heavy atom. The summed E-state index contributed by atoms with van der Waals surface area (Å²) in [5.41, 5.74) is 2.58. The van der Waals surface area contributed by atoms with Crippen LogP contribution in [-0.4, -0.2) is 18.9 Å². The molecule has 0 aliphatic rings. The molecule has 4 aromatic rings. The fourth-order valence-corrected chi connectivity index (χ4v) is 5.57. The summed E-state index contributed by atoms with van der Waals surface area (Å²) in [7, 11) is -3.72. The number of sulfonamides is 1. The second-order valence-electron chi connectivity index (χ2n) is 7.31. The molecule has 4 rings (SSSR count). The van der Waals surface area contributed by atoms with Gasteiger partial charge in [-0.25, -0.2) is 8.42 Å². The SMILES string of the molecule is C=CCn1c(=NC(=O)c2ccc(NS(=O)(=O)c3ccc(C)cc3)cc2)sc2cc(Cl)ccc21. The number of hydrogen-bond acceptors (Lipinski definition) is 4. The van der Waals surface area contributed by atoms with Crippen molar-refractivity contribution in [1.29, 1.82) is 0 Å². The van der Waals surface area contributed by atoms with E-state index in [4.69, 9.17) is 11.6 Å². The molecule has 0 saturated carbocycles. The molecule has 6 nitrogen and oxygen atoms in total. The average Bonchev–Trinajstić information content (AvgIpc) is 3.10. The highest BCUT2D eigenvalue weighted by Crippen LogP contribution is 2.22. The first kappa shape index (κ1) is 23.0. The third-order valence-corrected chi connectivity index (χ3v) is 7.54. The fourth-order valence-electron chi connectivity index (χ4n) is 3.20. The van der Waals surface area contributed by atoms with Crippen LogP contribution in [0.5, 0.6) is 0 Å². The molecule has 1 aromatic heterocycles. The van der Waals surface area contributed by atoms with Gasteiger partial charge >= 0.3 is 0 Å². The predicted molar refractivity (Wildman–Crippen MR) is 133 cm³/mol. The smallest absolute Gasteiger partial charge is 0.279 e. The molecule has 3 aromatic carbocycles. The second-order valence-corrected chi connectivity index (χ2v) is 10.4. The Morgan fingerprint density at radius 2 is 1.82 bits per heavy atom. The van der Waals surface area contributed by atoms with E-state index in [1.54, 1.807) is 48.5 Å². The molecule has 0 spiro atoms. The number of halogens is 1. The van der Waals surface area contributed by atoms with Crippen molar-refractivity contribution in [1.82, 2.24) is 4.57 Å². The average molecular weight is 498 g/mol. The van der Waals surface area contributed by atoms with Crippen molar-refractivity contribution >= 4 is 54.8 Å². The lowest BCUT2D eigenvalue weighted by atomic mass is 10.2. The molecule has 0 aliphatic carbocycles. The van der Waals surface area contributed by atoms with Crippen LogP contribution in [0.25, 0.3) is 10.2 Å². The van der Waals surface area contributed by atoms with E-state index in [1.165, 1.54) is 23.5 Å². The normalized spacial score (nSPS) is 12.1. The summed E-state index contributed by atoms with van der Waals surface area (Å²) in [6, 6.07) is 18.2. The summed E-state index contributed by atoms with van der Waals surface area (Å²) < 4.78 is 30.5. The summed E-state index contributed by atoms with van der Waals surface area (Å²) in [5, 5.41) is 0.607. The number of allylic oxidation sites excluding steroid dienone is 1. The number of amides is 1. The van der Waals surface area contributed by atoms with Crippen LogP contribution >= 0.6 is 22.9 Å². The quantitative estimate of drug-likeness (QED) is 0.362. The number of anilines is 1. The molecular weight excluding hydrogens is 478 g/mol. The van der Waals surface area contributed by atoms with Crippen LogP contribution in [0.1, 0.15) is 15.9 Å². The minimum Gasteiger partial charge on any atom is -0.312 e. The standard InChI is InChI=1S/C24H20ClN3O3S2/c1-3-14-28-21-13-8-18(25)15-22(21)32-24(28)26-23(29)17-6-9-19(10-7-17)27-33(30,31)20-11-4-16(2)5-12-20/h3-13,15,27H,1,14H2,2H3. The molecule has 0 aliphatic heterocycles. The van der Waals surface area contributed by atoms with Crippen LogP contribution in [0.15, 0.2) is 89.3 Å². The van der Waals surface area contributed by atoms with E-state index in [2.05, 4.69) is 16.3 Å². The van der Waals surface area contributed by atoms with Crippen LogP contribution in [0.2, 0.25) is 5.02 Å². The molecule has 0 fully saturated rings. The molecule has 0 bridgehead atoms. The number of nitrogens with zero attached hydrogens (tertiary/aromatic N) is 2. The lowest BCUT2D eigenvalue weighted by Crippen LogP contribution is -2.16. The molecule has 1 amide bonds. The number of nitrogens with one attached hydrogen (secondary N) is 1. The van der Waals surface area contributed by atoms with Crippen LogP contribution in [0.3, 0.4) is 0 Å². The summed E-state index contributed by atoms with van der Waals surface area (Å²) in [6.45, 7) is 6.16. The highest BCUT2D eigenvalue weighted by atomic mass is 35.5. The molecule has 0 saturated heterocycles. The van der Waals surface area contributed by atoms with Crippen LogP contribution in [0.4, 0.5) is 5.69 Å². The minimum absolute atomic E-state index is 0.167. The number of carbonyl (C=O) groups is 1. The van der Waals surface area contributed by atoms with Crippen LogP contribution in [0, 0.1) is 6.92 Å². The lowest BCUT2D eigenvalue weighted by Gasteiger charge is -2.08. The van der Waals surface area contributed by atoms with Gasteiger partial charge in [-0.2, -0.15) is 4.99 Å². The highest BCUT2D eigenvalue weighted by Gasteiger charge is 2.14. The summed E-state index contributed by atoms with van der Waals surface area (Å²) in [4.78, 5) is 17.8. The Labute approximate surface area is 200 Å². The van der Waals surface area contributed by atoms with Crippen molar-refractivity contribution < 1.29 is 13.2 Å². The number of fused-ring (bicyclic) bond motifs is 1. The van der Waals surface area contributed by atoms with Crippen LogP contribution < -0.4 is 9.52 Å². The zero-order valence-electron chi connectivity index (χ0n) is 17.7. The van der Waals surface area contributed by atoms with Gasteiger partial charge in [-0.3, -0.25) is 9.52 Å². The molecule has 9 heteroatoms. The van der Waals surface area contributed by atoms with Gasteiger partial charge in [0.05, 0.1) is 15.1 Å². The van der Waals surface area contributed by atoms with Gasteiger partial charge in [-0.05, 0) is 61.5 Å². The number of aryl methyl sites for hydroxylation is 1. The first-order valence-corrected chi connectivity index (χ1v) is 12.6. The summed E-state index contributed by atoms with van der Waals surface area (Å²) in [5.74, 6) is -0.432. The zero-order valence-corrected chi connectivity index (χ0v) is 20.0. The van der Waals surface area contributed by atoms with Gasteiger partial charge in [-0.15, -0.1) is 6.58 Å².